The van der Waals surface area contributed by atoms with Gasteiger partial charge in [-0.2, -0.15) is 0 Å². The Kier molecular flexibility index (Phi) is 8.37. The smallest absolute Gasteiger partial charge is 0.224 e. The molecule has 0 fully saturated rings. The van der Waals surface area contributed by atoms with Crippen molar-refractivity contribution >= 4 is 18.3 Å². The minimum atomic E-state index is -0.359. The first-order valence-electron chi connectivity index (χ1n) is 7.14. The van der Waals surface area contributed by atoms with Crippen LogP contribution in [0, 0.1) is 5.92 Å². The average Bonchev–Trinajstić information content (AvgIpc) is 2.40. The normalized spacial score (nSPS) is 13.2. The molecule has 0 aliphatic heterocycles. The van der Waals surface area contributed by atoms with Crippen LogP contribution in [0.1, 0.15) is 33.3 Å². The van der Waals surface area contributed by atoms with Crippen molar-refractivity contribution in [2.45, 2.75) is 39.7 Å². The summed E-state index contributed by atoms with van der Waals surface area (Å²) in [4.78, 5) is 12.1. The number of hydrogen-bond acceptors (Lipinski definition) is 3. The molecular formula is C16H27ClN2O2. The third-order valence-corrected chi connectivity index (χ3v) is 3.72. The van der Waals surface area contributed by atoms with Gasteiger partial charge in [0.05, 0.1) is 18.6 Å². The number of carbonyl (C=O) groups is 1. The quantitative estimate of drug-likeness (QED) is 0.813. The van der Waals surface area contributed by atoms with Crippen LogP contribution in [0.15, 0.2) is 24.3 Å². The van der Waals surface area contributed by atoms with Gasteiger partial charge in [-0.25, -0.2) is 0 Å². The first-order valence-corrected chi connectivity index (χ1v) is 7.14. The van der Waals surface area contributed by atoms with Gasteiger partial charge in [0.1, 0.15) is 5.75 Å². The number of nitrogens with two attached hydrogens (primary N) is 1. The molecule has 0 aliphatic carbocycles. The van der Waals surface area contributed by atoms with Crippen molar-refractivity contribution in [1.29, 1.82) is 0 Å². The third kappa shape index (κ3) is 5.94. The van der Waals surface area contributed by atoms with Crippen molar-refractivity contribution in [3.63, 3.8) is 0 Å². The monoisotopic (exact) mass is 314 g/mol. The predicted octanol–water partition coefficient (Wildman–Crippen LogP) is 2.54. The lowest BCUT2D eigenvalue weighted by atomic mass is 9.88. The Morgan fingerprint density at radius 2 is 1.90 bits per heavy atom. The molecule has 4 nitrogen and oxygen atoms in total. The molecule has 1 amide bonds. The SMILES string of the molecule is CCOc1ccc(CC(=O)NC(C)(CN)C(C)C)cc1.Cl. The molecule has 1 aromatic carbocycles. The molecular weight excluding hydrogens is 288 g/mol. The van der Waals surface area contributed by atoms with Crippen LogP contribution in [0.25, 0.3) is 0 Å². The lowest BCUT2D eigenvalue weighted by Gasteiger charge is -2.33. The lowest BCUT2D eigenvalue weighted by molar-refractivity contribution is -0.122. The molecule has 3 N–H and O–H groups in total. The fraction of sp³-hybridized carbons (Fsp3) is 0.562. The van der Waals surface area contributed by atoms with E-state index in [9.17, 15) is 4.79 Å². The van der Waals surface area contributed by atoms with E-state index in [0.29, 0.717) is 19.6 Å². The summed E-state index contributed by atoms with van der Waals surface area (Å²) in [5, 5.41) is 3.04. The maximum absolute atomic E-state index is 12.1. The van der Waals surface area contributed by atoms with E-state index in [1.807, 2.05) is 38.1 Å². The Hall–Kier alpha value is -1.26. The first-order chi connectivity index (χ1) is 9.41. The van der Waals surface area contributed by atoms with Crippen LogP contribution in [0.2, 0.25) is 0 Å². The summed E-state index contributed by atoms with van der Waals surface area (Å²) >= 11 is 0. The summed E-state index contributed by atoms with van der Waals surface area (Å²) in [7, 11) is 0. The van der Waals surface area contributed by atoms with Crippen molar-refractivity contribution in [1.82, 2.24) is 5.32 Å². The summed E-state index contributed by atoms with van der Waals surface area (Å²) in [5.41, 5.74) is 6.38. The first kappa shape index (κ1) is 19.7. The number of nitrogens with one attached hydrogen (secondary N) is 1. The maximum Gasteiger partial charge on any atom is 0.224 e. The Balaban J connectivity index is 0.00000400. The molecule has 0 aliphatic rings. The van der Waals surface area contributed by atoms with E-state index in [1.165, 1.54) is 0 Å². The van der Waals surface area contributed by atoms with Crippen molar-refractivity contribution < 1.29 is 9.53 Å². The van der Waals surface area contributed by atoms with Gasteiger partial charge >= 0.3 is 0 Å². The van der Waals surface area contributed by atoms with Gasteiger partial charge in [-0.15, -0.1) is 12.4 Å². The molecule has 0 aromatic heterocycles. The second-order valence-electron chi connectivity index (χ2n) is 5.58. The molecule has 1 rings (SSSR count). The number of amides is 1. The highest BCUT2D eigenvalue weighted by atomic mass is 35.5. The number of halogens is 1. The minimum Gasteiger partial charge on any atom is -0.494 e. The van der Waals surface area contributed by atoms with Crippen LogP contribution in [0.4, 0.5) is 0 Å². The second kappa shape index (κ2) is 8.90. The largest absolute Gasteiger partial charge is 0.494 e. The van der Waals surface area contributed by atoms with Crippen LogP contribution in [-0.4, -0.2) is 24.6 Å². The van der Waals surface area contributed by atoms with Crippen LogP contribution >= 0.6 is 12.4 Å². The van der Waals surface area contributed by atoms with E-state index in [1.54, 1.807) is 0 Å². The van der Waals surface area contributed by atoms with Gasteiger partial charge < -0.3 is 15.8 Å². The van der Waals surface area contributed by atoms with E-state index < -0.39 is 0 Å². The number of hydrogen-bond donors (Lipinski definition) is 2. The van der Waals surface area contributed by atoms with Crippen molar-refractivity contribution in [2.75, 3.05) is 13.2 Å². The zero-order chi connectivity index (χ0) is 15.2. The Morgan fingerprint density at radius 1 is 1.33 bits per heavy atom. The molecule has 0 heterocycles. The van der Waals surface area contributed by atoms with Gasteiger partial charge in [-0.3, -0.25) is 4.79 Å². The second-order valence-corrected chi connectivity index (χ2v) is 5.58. The molecule has 0 saturated carbocycles. The van der Waals surface area contributed by atoms with Gasteiger partial charge in [0.25, 0.3) is 0 Å². The molecule has 21 heavy (non-hydrogen) atoms. The predicted molar refractivity (Wildman–Crippen MR) is 89.0 cm³/mol. The van der Waals surface area contributed by atoms with E-state index in [4.69, 9.17) is 10.5 Å². The zero-order valence-corrected chi connectivity index (χ0v) is 14.1. The van der Waals surface area contributed by atoms with Crippen LogP contribution in [-0.2, 0) is 11.2 Å². The number of benzene rings is 1. The minimum absolute atomic E-state index is 0. The van der Waals surface area contributed by atoms with Crippen molar-refractivity contribution in [2.24, 2.45) is 11.7 Å². The highest BCUT2D eigenvalue weighted by molar-refractivity contribution is 5.85. The number of rotatable bonds is 7. The molecule has 1 aromatic rings. The fourth-order valence-corrected chi connectivity index (χ4v) is 1.85. The highest BCUT2D eigenvalue weighted by Gasteiger charge is 2.28. The average molecular weight is 315 g/mol. The topological polar surface area (TPSA) is 64.3 Å². The van der Waals surface area contributed by atoms with E-state index in [-0.39, 0.29) is 29.8 Å². The Labute approximate surface area is 133 Å². The van der Waals surface area contributed by atoms with Crippen LogP contribution in [0.5, 0.6) is 5.75 Å². The van der Waals surface area contributed by atoms with Crippen LogP contribution in [0.3, 0.4) is 0 Å². The van der Waals surface area contributed by atoms with E-state index in [0.717, 1.165) is 11.3 Å². The zero-order valence-electron chi connectivity index (χ0n) is 13.3. The molecule has 0 bridgehead atoms. The summed E-state index contributed by atoms with van der Waals surface area (Å²) < 4.78 is 5.38. The molecule has 120 valence electrons. The van der Waals surface area contributed by atoms with Gasteiger partial charge in [-0.1, -0.05) is 26.0 Å². The highest BCUT2D eigenvalue weighted by Crippen LogP contribution is 2.16. The molecule has 0 saturated heterocycles. The van der Waals surface area contributed by atoms with Gasteiger partial charge in [0.15, 0.2) is 0 Å². The summed E-state index contributed by atoms with van der Waals surface area (Å²) in [6, 6.07) is 7.60. The van der Waals surface area contributed by atoms with Gasteiger partial charge in [0.2, 0.25) is 5.91 Å². The molecule has 5 heteroatoms. The van der Waals surface area contributed by atoms with Gasteiger partial charge in [-0.05, 0) is 37.5 Å². The number of ether oxygens (including phenoxy) is 1. The fourth-order valence-electron chi connectivity index (χ4n) is 1.85. The summed E-state index contributed by atoms with van der Waals surface area (Å²) in [6.07, 6.45) is 0.356. The Bertz CT molecular complexity index is 434. The van der Waals surface area contributed by atoms with E-state index >= 15 is 0 Å². The molecule has 1 unspecified atom stereocenters. The summed E-state index contributed by atoms with van der Waals surface area (Å²) in [5.74, 6) is 1.11. The Morgan fingerprint density at radius 3 is 2.33 bits per heavy atom. The van der Waals surface area contributed by atoms with Crippen LogP contribution < -0.4 is 15.8 Å². The lowest BCUT2D eigenvalue weighted by Crippen LogP contribution is -2.55. The molecule has 1 atom stereocenters. The van der Waals surface area contributed by atoms with Gasteiger partial charge in [0, 0.05) is 6.54 Å². The summed E-state index contributed by atoms with van der Waals surface area (Å²) in [6.45, 7) is 9.12. The maximum atomic E-state index is 12.1. The number of carbonyl (C=O) groups excluding carboxylic acids is 1. The van der Waals surface area contributed by atoms with Crippen molar-refractivity contribution in [3.8, 4) is 5.75 Å². The third-order valence-electron chi connectivity index (χ3n) is 3.72. The van der Waals surface area contributed by atoms with Crippen molar-refractivity contribution in [3.05, 3.63) is 29.8 Å². The van der Waals surface area contributed by atoms with E-state index in [2.05, 4.69) is 19.2 Å². The molecule has 0 radical (unpaired) electrons. The standard InChI is InChI=1S/C16H26N2O2.ClH/c1-5-20-14-8-6-13(7-9-14)10-15(19)18-16(4,11-17)12(2)3;/h6-9,12H,5,10-11,17H2,1-4H3,(H,18,19);1H. The molecule has 0 spiro atoms.